The molecule has 19 heavy (non-hydrogen) atoms. The minimum absolute atomic E-state index is 0.388. The van der Waals surface area contributed by atoms with E-state index in [2.05, 4.69) is 19.2 Å². The third-order valence-electron chi connectivity index (χ3n) is 2.94. The fourth-order valence-electron chi connectivity index (χ4n) is 2.05. The Balaban J connectivity index is 2.19. The van der Waals surface area contributed by atoms with Crippen molar-refractivity contribution in [1.29, 1.82) is 0 Å². The zero-order valence-corrected chi connectivity index (χ0v) is 12.6. The van der Waals surface area contributed by atoms with Gasteiger partial charge < -0.3 is 9.73 Å². The zero-order valence-electron chi connectivity index (χ0n) is 11.0. The molecule has 0 saturated carbocycles. The third kappa shape index (κ3) is 3.53. The van der Waals surface area contributed by atoms with Crippen LogP contribution in [0.25, 0.3) is 11.3 Å². The maximum absolute atomic E-state index is 6.19. The van der Waals surface area contributed by atoms with Crippen molar-refractivity contribution in [3.8, 4) is 11.3 Å². The summed E-state index contributed by atoms with van der Waals surface area (Å²) in [6.07, 6.45) is 0.853. The van der Waals surface area contributed by atoms with Crippen molar-refractivity contribution >= 4 is 23.2 Å². The molecule has 1 heterocycles. The molecule has 0 amide bonds. The van der Waals surface area contributed by atoms with Gasteiger partial charge in [0.15, 0.2) is 0 Å². The molecule has 0 aliphatic rings. The van der Waals surface area contributed by atoms with Crippen LogP contribution in [0.1, 0.15) is 19.6 Å². The molecule has 0 aliphatic heterocycles. The average molecular weight is 298 g/mol. The maximum Gasteiger partial charge on any atom is 0.135 e. The Labute approximate surface area is 123 Å². The van der Waals surface area contributed by atoms with Gasteiger partial charge >= 0.3 is 0 Å². The summed E-state index contributed by atoms with van der Waals surface area (Å²) >= 11 is 12.2. The minimum atomic E-state index is 0.388. The highest BCUT2D eigenvalue weighted by Crippen LogP contribution is 2.34. The van der Waals surface area contributed by atoms with Crippen LogP contribution in [0.4, 0.5) is 0 Å². The smallest absolute Gasteiger partial charge is 0.135 e. The minimum Gasteiger partial charge on any atom is -0.461 e. The predicted octanol–water partition coefficient (Wildman–Crippen LogP) is 4.79. The van der Waals surface area contributed by atoms with E-state index >= 15 is 0 Å². The lowest BCUT2D eigenvalue weighted by Crippen LogP contribution is -2.27. The van der Waals surface area contributed by atoms with Crippen LogP contribution in [-0.4, -0.2) is 12.6 Å². The van der Waals surface area contributed by atoms with Gasteiger partial charge in [-0.25, -0.2) is 0 Å². The lowest BCUT2D eigenvalue weighted by Gasteiger charge is -2.09. The van der Waals surface area contributed by atoms with E-state index in [4.69, 9.17) is 27.6 Å². The van der Waals surface area contributed by atoms with Gasteiger partial charge in [-0.15, -0.1) is 0 Å². The summed E-state index contributed by atoms with van der Waals surface area (Å²) in [6, 6.07) is 9.85. The monoisotopic (exact) mass is 297 g/mol. The zero-order chi connectivity index (χ0) is 13.8. The maximum atomic E-state index is 6.19. The summed E-state index contributed by atoms with van der Waals surface area (Å²) in [6.45, 7) is 5.18. The van der Waals surface area contributed by atoms with Gasteiger partial charge in [-0.05, 0) is 37.7 Å². The van der Waals surface area contributed by atoms with Crippen LogP contribution in [0.3, 0.4) is 0 Å². The van der Waals surface area contributed by atoms with Crippen molar-refractivity contribution < 1.29 is 4.42 Å². The second-order valence-corrected chi connectivity index (χ2v) is 5.32. The van der Waals surface area contributed by atoms with Crippen LogP contribution >= 0.6 is 23.2 Å². The van der Waals surface area contributed by atoms with Gasteiger partial charge in [-0.2, -0.15) is 0 Å². The molecule has 0 fully saturated rings. The average Bonchev–Trinajstić information content (AvgIpc) is 2.81. The quantitative estimate of drug-likeness (QED) is 0.858. The summed E-state index contributed by atoms with van der Waals surface area (Å²) in [5.41, 5.74) is 0.830. The number of nitrogens with one attached hydrogen (secondary N) is 1. The van der Waals surface area contributed by atoms with Crippen LogP contribution in [0.15, 0.2) is 34.7 Å². The standard InChI is InChI=1S/C15H17Cl2NO/c1-3-18-10(2)9-11-7-8-14(19-11)12-5-4-6-13(16)15(12)17/h4-8,10,18H,3,9H2,1-2H3. The molecular weight excluding hydrogens is 281 g/mol. The van der Waals surface area contributed by atoms with Crippen LogP contribution in [0.2, 0.25) is 10.0 Å². The summed E-state index contributed by atoms with van der Waals surface area (Å²) in [4.78, 5) is 0. The van der Waals surface area contributed by atoms with Gasteiger partial charge in [-0.3, -0.25) is 0 Å². The van der Waals surface area contributed by atoms with Gasteiger partial charge in [0.1, 0.15) is 11.5 Å². The van der Waals surface area contributed by atoms with Gasteiger partial charge in [0.2, 0.25) is 0 Å². The first-order chi connectivity index (χ1) is 9.11. The first-order valence-electron chi connectivity index (χ1n) is 6.38. The van der Waals surface area contributed by atoms with Crippen LogP contribution < -0.4 is 5.32 Å². The van der Waals surface area contributed by atoms with Gasteiger partial charge in [0.25, 0.3) is 0 Å². The lowest BCUT2D eigenvalue weighted by molar-refractivity contribution is 0.470. The SMILES string of the molecule is CCNC(C)Cc1ccc(-c2cccc(Cl)c2Cl)o1. The van der Waals surface area contributed by atoms with Crippen molar-refractivity contribution in [2.75, 3.05) is 6.54 Å². The van der Waals surface area contributed by atoms with Gasteiger partial charge in [-0.1, -0.05) is 36.2 Å². The molecule has 1 unspecified atom stereocenters. The first-order valence-corrected chi connectivity index (χ1v) is 7.14. The second-order valence-electron chi connectivity index (χ2n) is 4.53. The fourth-order valence-corrected chi connectivity index (χ4v) is 2.44. The van der Waals surface area contributed by atoms with E-state index in [1.807, 2.05) is 24.3 Å². The predicted molar refractivity (Wildman–Crippen MR) is 81.0 cm³/mol. The number of likely N-dealkylation sites (N-methyl/N-ethyl adjacent to an activating group) is 1. The Kier molecular flexibility index (Phi) is 4.92. The molecule has 4 heteroatoms. The molecule has 1 N–H and O–H groups in total. The van der Waals surface area contributed by atoms with E-state index in [-0.39, 0.29) is 0 Å². The molecule has 0 radical (unpaired) electrons. The van der Waals surface area contributed by atoms with Crippen molar-refractivity contribution in [2.45, 2.75) is 26.3 Å². The molecule has 0 bridgehead atoms. The highest BCUT2D eigenvalue weighted by atomic mass is 35.5. The van der Waals surface area contributed by atoms with Crippen LogP contribution in [-0.2, 0) is 6.42 Å². The number of furan rings is 1. The Morgan fingerprint density at radius 3 is 2.74 bits per heavy atom. The molecule has 2 aromatic rings. The molecule has 0 aliphatic carbocycles. The highest BCUT2D eigenvalue weighted by Gasteiger charge is 2.12. The molecular formula is C15H17Cl2NO. The van der Waals surface area contributed by atoms with E-state index in [1.165, 1.54) is 0 Å². The third-order valence-corrected chi connectivity index (χ3v) is 3.76. The Hall–Kier alpha value is -0.960. The molecule has 1 aromatic carbocycles. The summed E-state index contributed by atoms with van der Waals surface area (Å²) in [5, 5.41) is 4.43. The van der Waals surface area contributed by atoms with E-state index in [1.54, 1.807) is 6.07 Å². The fraction of sp³-hybridized carbons (Fsp3) is 0.333. The Morgan fingerprint density at radius 1 is 1.21 bits per heavy atom. The topological polar surface area (TPSA) is 25.2 Å². The summed E-state index contributed by atoms with van der Waals surface area (Å²) in [7, 11) is 0. The molecule has 102 valence electrons. The number of hydrogen-bond donors (Lipinski definition) is 1. The lowest BCUT2D eigenvalue weighted by atomic mass is 10.2. The molecule has 2 nitrogen and oxygen atoms in total. The number of rotatable bonds is 5. The summed E-state index contributed by atoms with van der Waals surface area (Å²) < 4.78 is 5.84. The number of hydrogen-bond acceptors (Lipinski definition) is 2. The molecule has 1 aromatic heterocycles. The van der Waals surface area contributed by atoms with E-state index in [9.17, 15) is 0 Å². The number of halogens is 2. The van der Waals surface area contributed by atoms with Crippen molar-refractivity contribution in [1.82, 2.24) is 5.32 Å². The van der Waals surface area contributed by atoms with E-state index in [0.717, 1.165) is 30.0 Å². The Bertz CT molecular complexity index is 551. The van der Waals surface area contributed by atoms with Crippen LogP contribution in [0, 0.1) is 0 Å². The molecule has 0 spiro atoms. The van der Waals surface area contributed by atoms with E-state index in [0.29, 0.717) is 16.1 Å². The molecule has 1 atom stereocenters. The highest BCUT2D eigenvalue weighted by molar-refractivity contribution is 6.43. The first kappa shape index (κ1) is 14.4. The summed E-state index contributed by atoms with van der Waals surface area (Å²) in [5.74, 6) is 1.70. The van der Waals surface area contributed by atoms with Crippen molar-refractivity contribution in [3.05, 3.63) is 46.1 Å². The molecule has 0 saturated heterocycles. The Morgan fingerprint density at radius 2 is 2.00 bits per heavy atom. The van der Waals surface area contributed by atoms with Crippen molar-refractivity contribution in [3.63, 3.8) is 0 Å². The largest absolute Gasteiger partial charge is 0.461 e. The van der Waals surface area contributed by atoms with Crippen LogP contribution in [0.5, 0.6) is 0 Å². The second kappa shape index (κ2) is 6.47. The molecule has 2 rings (SSSR count). The normalized spacial score (nSPS) is 12.6. The van der Waals surface area contributed by atoms with Gasteiger partial charge in [0.05, 0.1) is 10.0 Å². The van der Waals surface area contributed by atoms with Crippen molar-refractivity contribution in [2.24, 2.45) is 0 Å². The van der Waals surface area contributed by atoms with E-state index < -0.39 is 0 Å². The number of benzene rings is 1. The van der Waals surface area contributed by atoms with Gasteiger partial charge in [0, 0.05) is 18.0 Å².